The third kappa shape index (κ3) is 3.37. The molecule has 0 atom stereocenters. The second-order valence-electron chi connectivity index (χ2n) is 4.04. The average Bonchev–Trinajstić information content (AvgIpc) is 2.47. The number of esters is 1. The van der Waals surface area contributed by atoms with Crippen LogP contribution in [0.2, 0.25) is 0 Å². The van der Waals surface area contributed by atoms with Gasteiger partial charge in [0.2, 0.25) is 0 Å². The molecule has 0 aliphatic rings. The SMILES string of the molecule is COC(=O)c1ccc(-c2ccc(OB(O)O)cc2)cc1. The van der Waals surface area contributed by atoms with Crippen molar-refractivity contribution in [2.24, 2.45) is 0 Å². The van der Waals surface area contributed by atoms with Gasteiger partial charge in [0, 0.05) is 0 Å². The lowest BCUT2D eigenvalue weighted by Gasteiger charge is -2.07. The Hall–Kier alpha value is -2.31. The highest BCUT2D eigenvalue weighted by Crippen LogP contribution is 2.23. The van der Waals surface area contributed by atoms with Crippen molar-refractivity contribution >= 4 is 13.3 Å². The molecule has 0 radical (unpaired) electrons. The monoisotopic (exact) mass is 272 g/mol. The van der Waals surface area contributed by atoms with Crippen molar-refractivity contribution in [3.63, 3.8) is 0 Å². The molecule has 2 N–H and O–H groups in total. The molecule has 0 unspecified atom stereocenters. The molecule has 6 heteroatoms. The predicted molar refractivity (Wildman–Crippen MR) is 74.0 cm³/mol. The van der Waals surface area contributed by atoms with Gasteiger partial charge in [-0.25, -0.2) is 4.79 Å². The van der Waals surface area contributed by atoms with Crippen molar-refractivity contribution in [1.82, 2.24) is 0 Å². The van der Waals surface area contributed by atoms with Crippen LogP contribution in [0.1, 0.15) is 10.4 Å². The van der Waals surface area contributed by atoms with E-state index in [1.165, 1.54) is 7.11 Å². The van der Waals surface area contributed by atoms with Crippen molar-refractivity contribution in [1.29, 1.82) is 0 Å². The van der Waals surface area contributed by atoms with Crippen molar-refractivity contribution < 1.29 is 24.2 Å². The molecule has 2 aromatic rings. The lowest BCUT2D eigenvalue weighted by atomic mass is 10.0. The smallest absolute Gasteiger partial charge is 0.512 e. The van der Waals surface area contributed by atoms with E-state index in [9.17, 15) is 4.79 Å². The van der Waals surface area contributed by atoms with Crippen LogP contribution in [-0.2, 0) is 4.74 Å². The van der Waals surface area contributed by atoms with Crippen LogP contribution in [-0.4, -0.2) is 30.4 Å². The van der Waals surface area contributed by atoms with Gasteiger partial charge in [-0.2, -0.15) is 0 Å². The minimum Gasteiger partial charge on any atom is -0.512 e. The van der Waals surface area contributed by atoms with Crippen LogP contribution in [0.15, 0.2) is 48.5 Å². The minimum atomic E-state index is -1.83. The Morgan fingerprint density at radius 1 is 0.950 bits per heavy atom. The first-order chi connectivity index (χ1) is 9.60. The fraction of sp³-hybridized carbons (Fsp3) is 0.0714. The Morgan fingerprint density at radius 3 is 1.90 bits per heavy atom. The largest absolute Gasteiger partial charge is 0.707 e. The Morgan fingerprint density at radius 2 is 1.45 bits per heavy atom. The zero-order valence-corrected chi connectivity index (χ0v) is 10.8. The van der Waals surface area contributed by atoms with E-state index in [1.807, 2.05) is 12.1 Å². The highest BCUT2D eigenvalue weighted by atomic mass is 16.6. The van der Waals surface area contributed by atoms with Gasteiger partial charge in [-0.05, 0) is 35.4 Å². The first kappa shape index (κ1) is 14.1. The minimum absolute atomic E-state index is 0.356. The lowest BCUT2D eigenvalue weighted by molar-refractivity contribution is 0.0600. The number of hydrogen-bond donors (Lipinski definition) is 2. The molecule has 0 aliphatic carbocycles. The predicted octanol–water partition coefficient (Wildman–Crippen LogP) is 1.49. The van der Waals surface area contributed by atoms with E-state index in [1.54, 1.807) is 36.4 Å². The summed E-state index contributed by atoms with van der Waals surface area (Å²) in [4.78, 5) is 11.3. The molecule has 2 rings (SSSR count). The number of carbonyl (C=O) groups is 1. The number of ether oxygens (including phenoxy) is 1. The normalized spacial score (nSPS) is 9.95. The topological polar surface area (TPSA) is 76.0 Å². The quantitative estimate of drug-likeness (QED) is 0.651. The summed E-state index contributed by atoms with van der Waals surface area (Å²) < 4.78 is 9.35. The summed E-state index contributed by atoms with van der Waals surface area (Å²) in [5.74, 6) is -0.0211. The maximum atomic E-state index is 11.3. The maximum Gasteiger partial charge on any atom is 0.707 e. The number of hydrogen-bond acceptors (Lipinski definition) is 5. The molecular weight excluding hydrogens is 259 g/mol. The van der Waals surface area contributed by atoms with E-state index in [-0.39, 0.29) is 5.97 Å². The second-order valence-corrected chi connectivity index (χ2v) is 4.04. The van der Waals surface area contributed by atoms with Gasteiger partial charge >= 0.3 is 13.3 Å². The van der Waals surface area contributed by atoms with Gasteiger partial charge in [0.1, 0.15) is 5.75 Å². The van der Waals surface area contributed by atoms with Gasteiger partial charge in [-0.1, -0.05) is 24.3 Å². The number of methoxy groups -OCH3 is 1. The van der Waals surface area contributed by atoms with Crippen molar-refractivity contribution in [3.05, 3.63) is 54.1 Å². The molecule has 0 saturated heterocycles. The van der Waals surface area contributed by atoms with Crippen LogP contribution in [0.4, 0.5) is 0 Å². The molecule has 0 spiro atoms. The Labute approximate surface area is 116 Å². The molecule has 0 heterocycles. The fourth-order valence-electron chi connectivity index (χ4n) is 1.76. The second kappa shape index (κ2) is 6.23. The van der Waals surface area contributed by atoms with Crippen molar-refractivity contribution in [2.45, 2.75) is 0 Å². The Bertz CT molecular complexity index is 578. The average molecular weight is 272 g/mol. The first-order valence-corrected chi connectivity index (χ1v) is 5.92. The van der Waals surface area contributed by atoms with E-state index in [0.717, 1.165) is 11.1 Å². The number of carbonyl (C=O) groups excluding carboxylic acids is 1. The molecule has 0 aromatic heterocycles. The summed E-state index contributed by atoms with van der Waals surface area (Å²) in [6.07, 6.45) is 0. The lowest BCUT2D eigenvalue weighted by Crippen LogP contribution is -2.20. The molecule has 20 heavy (non-hydrogen) atoms. The molecule has 0 saturated carbocycles. The third-order valence-corrected chi connectivity index (χ3v) is 2.74. The van der Waals surface area contributed by atoms with Gasteiger partial charge in [0.05, 0.1) is 12.7 Å². The number of rotatable bonds is 4. The Kier molecular flexibility index (Phi) is 4.39. The highest BCUT2D eigenvalue weighted by molar-refractivity contribution is 6.33. The zero-order valence-electron chi connectivity index (χ0n) is 10.8. The standard InChI is InChI=1S/C14H13BO5/c1-19-14(16)12-4-2-10(3-5-12)11-6-8-13(9-7-11)20-15(17)18/h2-9,17-18H,1H3. The van der Waals surface area contributed by atoms with E-state index in [0.29, 0.717) is 11.3 Å². The summed E-state index contributed by atoms with van der Waals surface area (Å²) in [6.45, 7) is 0. The Balaban J connectivity index is 2.17. The van der Waals surface area contributed by atoms with Crippen LogP contribution >= 0.6 is 0 Å². The molecule has 2 aromatic carbocycles. The van der Waals surface area contributed by atoms with E-state index in [2.05, 4.69) is 4.74 Å². The molecule has 0 bridgehead atoms. The fourth-order valence-corrected chi connectivity index (χ4v) is 1.76. The van der Waals surface area contributed by atoms with E-state index in [4.69, 9.17) is 14.7 Å². The van der Waals surface area contributed by atoms with Crippen molar-refractivity contribution in [3.8, 4) is 16.9 Å². The van der Waals surface area contributed by atoms with Gasteiger partial charge in [-0.3, -0.25) is 0 Å². The molecule has 5 nitrogen and oxygen atoms in total. The summed E-state index contributed by atoms with van der Waals surface area (Å²) in [7, 11) is -0.495. The molecule has 0 amide bonds. The van der Waals surface area contributed by atoms with Gasteiger partial charge in [-0.15, -0.1) is 0 Å². The zero-order chi connectivity index (χ0) is 14.5. The molecular formula is C14H13BO5. The maximum absolute atomic E-state index is 11.3. The third-order valence-electron chi connectivity index (χ3n) is 2.74. The summed E-state index contributed by atoms with van der Waals surface area (Å²) in [5.41, 5.74) is 2.33. The molecule has 102 valence electrons. The van der Waals surface area contributed by atoms with Gasteiger partial charge in [0.25, 0.3) is 0 Å². The summed E-state index contributed by atoms with van der Waals surface area (Å²) in [6, 6.07) is 13.8. The van der Waals surface area contributed by atoms with Crippen molar-refractivity contribution in [2.75, 3.05) is 7.11 Å². The van der Waals surface area contributed by atoms with Gasteiger partial charge < -0.3 is 19.4 Å². The van der Waals surface area contributed by atoms with Gasteiger partial charge in [0.15, 0.2) is 0 Å². The van der Waals surface area contributed by atoms with Crippen LogP contribution in [0.3, 0.4) is 0 Å². The van der Waals surface area contributed by atoms with E-state index >= 15 is 0 Å². The summed E-state index contributed by atoms with van der Waals surface area (Å²) >= 11 is 0. The highest BCUT2D eigenvalue weighted by Gasteiger charge is 2.11. The van der Waals surface area contributed by atoms with Crippen LogP contribution < -0.4 is 4.65 Å². The number of benzene rings is 2. The van der Waals surface area contributed by atoms with Crippen LogP contribution in [0.25, 0.3) is 11.1 Å². The summed E-state index contributed by atoms with van der Waals surface area (Å²) in [5, 5.41) is 17.4. The molecule has 0 fully saturated rings. The van der Waals surface area contributed by atoms with Crippen LogP contribution in [0, 0.1) is 0 Å². The van der Waals surface area contributed by atoms with Crippen LogP contribution in [0.5, 0.6) is 5.75 Å². The first-order valence-electron chi connectivity index (χ1n) is 5.92. The molecule has 0 aliphatic heterocycles. The van der Waals surface area contributed by atoms with E-state index < -0.39 is 7.32 Å².